The van der Waals surface area contributed by atoms with Crippen molar-refractivity contribution in [2.45, 2.75) is 0 Å². The molecule has 0 saturated carbocycles. The lowest BCUT2D eigenvalue weighted by atomic mass is 10.2. The molecule has 114 valence electrons. The Kier molecular flexibility index (Phi) is 5.16. The number of hydrogen-bond donors (Lipinski definition) is 2. The van der Waals surface area contributed by atoms with Crippen LogP contribution in [-0.2, 0) is 0 Å². The highest BCUT2D eigenvalue weighted by Gasteiger charge is 2.11. The summed E-state index contributed by atoms with van der Waals surface area (Å²) in [5.41, 5.74) is 6.71. The molecule has 0 heterocycles. The Labute approximate surface area is 137 Å². The van der Waals surface area contributed by atoms with Crippen LogP contribution in [-0.4, -0.2) is 25.9 Å². The highest BCUT2D eigenvalue weighted by molar-refractivity contribution is 9.10. The normalized spacial score (nSPS) is 9.95. The Balaban J connectivity index is 1.98. The van der Waals surface area contributed by atoms with Gasteiger partial charge in [-0.25, -0.2) is 0 Å². The van der Waals surface area contributed by atoms with Crippen molar-refractivity contribution in [3.63, 3.8) is 0 Å². The van der Waals surface area contributed by atoms with Crippen LogP contribution < -0.4 is 15.8 Å². The summed E-state index contributed by atoms with van der Waals surface area (Å²) in [6.45, 7) is 0. The summed E-state index contributed by atoms with van der Waals surface area (Å²) in [5.74, 6) is -0.753. The maximum atomic E-state index is 12.0. The van der Waals surface area contributed by atoms with Gasteiger partial charge < -0.3 is 4.90 Å². The number of hydrazine groups is 1. The molecule has 0 bridgehead atoms. The molecule has 0 aliphatic carbocycles. The Hall–Kier alpha value is -2.34. The van der Waals surface area contributed by atoms with Crippen molar-refractivity contribution >= 4 is 33.4 Å². The second-order valence-electron chi connectivity index (χ2n) is 4.83. The third-order valence-corrected chi connectivity index (χ3v) is 3.75. The minimum atomic E-state index is -0.384. The predicted molar refractivity (Wildman–Crippen MR) is 89.8 cm³/mol. The first-order chi connectivity index (χ1) is 10.5. The number of rotatable bonds is 3. The van der Waals surface area contributed by atoms with Gasteiger partial charge in [-0.1, -0.05) is 12.1 Å². The van der Waals surface area contributed by atoms with Gasteiger partial charge >= 0.3 is 0 Å². The van der Waals surface area contributed by atoms with E-state index in [1.165, 1.54) is 0 Å². The summed E-state index contributed by atoms with van der Waals surface area (Å²) in [7, 11) is 3.85. The first-order valence-electron chi connectivity index (χ1n) is 6.61. The second kappa shape index (κ2) is 7.09. The highest BCUT2D eigenvalue weighted by Crippen LogP contribution is 2.15. The van der Waals surface area contributed by atoms with Crippen LogP contribution in [0.1, 0.15) is 20.7 Å². The van der Waals surface area contributed by atoms with E-state index in [-0.39, 0.29) is 11.8 Å². The van der Waals surface area contributed by atoms with Crippen molar-refractivity contribution < 1.29 is 9.59 Å². The summed E-state index contributed by atoms with van der Waals surface area (Å²) >= 11 is 3.29. The van der Waals surface area contributed by atoms with E-state index in [4.69, 9.17) is 0 Å². The molecule has 0 spiro atoms. The summed E-state index contributed by atoms with van der Waals surface area (Å²) in [6.07, 6.45) is 0. The number of halogens is 1. The predicted octanol–water partition coefficient (Wildman–Crippen LogP) is 2.59. The zero-order valence-electron chi connectivity index (χ0n) is 12.3. The lowest BCUT2D eigenvalue weighted by Crippen LogP contribution is -2.41. The summed E-state index contributed by atoms with van der Waals surface area (Å²) < 4.78 is 0.664. The SMILES string of the molecule is CN(C)c1ccc(C(=O)NNC(=O)c2ccccc2Br)cc1. The highest BCUT2D eigenvalue weighted by atomic mass is 79.9. The fourth-order valence-corrected chi connectivity index (χ4v) is 2.27. The fourth-order valence-electron chi connectivity index (χ4n) is 1.81. The standard InChI is InChI=1S/C16H16BrN3O2/c1-20(2)12-9-7-11(8-10-12)15(21)18-19-16(22)13-5-3-4-6-14(13)17/h3-10H,1-2H3,(H,18,21)(H,19,22). The fraction of sp³-hybridized carbons (Fsp3) is 0.125. The largest absolute Gasteiger partial charge is 0.378 e. The third kappa shape index (κ3) is 3.85. The van der Waals surface area contributed by atoms with Crippen LogP contribution in [0.15, 0.2) is 53.0 Å². The van der Waals surface area contributed by atoms with E-state index >= 15 is 0 Å². The van der Waals surface area contributed by atoms with Gasteiger partial charge in [0.2, 0.25) is 0 Å². The molecule has 0 aliphatic rings. The van der Waals surface area contributed by atoms with Crippen LogP contribution in [0.3, 0.4) is 0 Å². The average Bonchev–Trinajstić information content (AvgIpc) is 2.52. The van der Waals surface area contributed by atoms with Crippen molar-refractivity contribution in [3.8, 4) is 0 Å². The van der Waals surface area contributed by atoms with Crippen LogP contribution in [0.5, 0.6) is 0 Å². The quantitative estimate of drug-likeness (QED) is 0.826. The van der Waals surface area contributed by atoms with Crippen molar-refractivity contribution in [3.05, 3.63) is 64.1 Å². The minimum absolute atomic E-state index is 0.370. The van der Waals surface area contributed by atoms with E-state index < -0.39 is 0 Å². The Morgan fingerprint density at radius 1 is 0.909 bits per heavy atom. The molecule has 22 heavy (non-hydrogen) atoms. The number of nitrogens with one attached hydrogen (secondary N) is 2. The summed E-state index contributed by atoms with van der Waals surface area (Å²) in [5, 5.41) is 0. The van der Waals surface area contributed by atoms with Crippen molar-refractivity contribution in [2.24, 2.45) is 0 Å². The smallest absolute Gasteiger partial charge is 0.270 e. The van der Waals surface area contributed by atoms with Gasteiger partial charge in [0.05, 0.1) is 5.56 Å². The van der Waals surface area contributed by atoms with E-state index in [1.54, 1.807) is 30.3 Å². The van der Waals surface area contributed by atoms with Crippen molar-refractivity contribution in [1.29, 1.82) is 0 Å². The molecule has 2 rings (SSSR count). The first kappa shape index (κ1) is 16.0. The Morgan fingerprint density at radius 3 is 2.09 bits per heavy atom. The van der Waals surface area contributed by atoms with E-state index in [1.807, 2.05) is 37.2 Å². The average molecular weight is 362 g/mol. The minimum Gasteiger partial charge on any atom is -0.378 e. The van der Waals surface area contributed by atoms with E-state index in [9.17, 15) is 9.59 Å². The van der Waals surface area contributed by atoms with Gasteiger partial charge in [-0.3, -0.25) is 20.4 Å². The zero-order chi connectivity index (χ0) is 16.1. The van der Waals surface area contributed by atoms with Gasteiger partial charge in [-0.2, -0.15) is 0 Å². The molecule has 0 radical (unpaired) electrons. The van der Waals surface area contributed by atoms with Crippen LogP contribution in [0.4, 0.5) is 5.69 Å². The van der Waals surface area contributed by atoms with Gasteiger partial charge in [0.15, 0.2) is 0 Å². The molecule has 0 aliphatic heterocycles. The maximum absolute atomic E-state index is 12.0. The van der Waals surface area contributed by atoms with Crippen molar-refractivity contribution in [2.75, 3.05) is 19.0 Å². The molecule has 0 aromatic heterocycles. The van der Waals surface area contributed by atoms with Crippen LogP contribution in [0, 0.1) is 0 Å². The molecule has 2 N–H and O–H groups in total. The molecular formula is C16H16BrN3O2. The maximum Gasteiger partial charge on any atom is 0.270 e. The molecule has 5 nitrogen and oxygen atoms in total. The van der Waals surface area contributed by atoms with E-state index in [0.717, 1.165) is 5.69 Å². The number of benzene rings is 2. The third-order valence-electron chi connectivity index (χ3n) is 3.05. The number of nitrogens with zero attached hydrogens (tertiary/aromatic N) is 1. The number of hydrogen-bond acceptors (Lipinski definition) is 3. The molecule has 0 saturated heterocycles. The number of carbonyl (C=O) groups excluding carboxylic acids is 2. The molecule has 0 atom stereocenters. The molecule has 0 fully saturated rings. The van der Waals surface area contributed by atoms with E-state index in [0.29, 0.717) is 15.6 Å². The Morgan fingerprint density at radius 2 is 1.50 bits per heavy atom. The molecule has 2 aromatic carbocycles. The van der Waals surface area contributed by atoms with E-state index in [2.05, 4.69) is 26.8 Å². The van der Waals surface area contributed by atoms with Gasteiger partial charge in [0, 0.05) is 29.8 Å². The number of amides is 2. The Bertz CT molecular complexity index is 684. The molecular weight excluding hydrogens is 346 g/mol. The monoisotopic (exact) mass is 361 g/mol. The van der Waals surface area contributed by atoms with Crippen LogP contribution in [0.2, 0.25) is 0 Å². The van der Waals surface area contributed by atoms with Crippen LogP contribution >= 0.6 is 15.9 Å². The molecule has 6 heteroatoms. The number of carbonyl (C=O) groups is 2. The number of anilines is 1. The molecule has 2 aromatic rings. The van der Waals surface area contributed by atoms with Gasteiger partial charge in [0.25, 0.3) is 11.8 Å². The summed E-state index contributed by atoms with van der Waals surface area (Å²) in [6, 6.07) is 14.1. The lowest BCUT2D eigenvalue weighted by molar-refractivity contribution is 0.0846. The van der Waals surface area contributed by atoms with Gasteiger partial charge in [-0.15, -0.1) is 0 Å². The second-order valence-corrected chi connectivity index (χ2v) is 5.68. The molecule has 2 amide bonds. The van der Waals surface area contributed by atoms with Crippen molar-refractivity contribution in [1.82, 2.24) is 10.9 Å². The van der Waals surface area contributed by atoms with Gasteiger partial charge in [-0.05, 0) is 52.3 Å². The van der Waals surface area contributed by atoms with Crippen LogP contribution in [0.25, 0.3) is 0 Å². The lowest BCUT2D eigenvalue weighted by Gasteiger charge is -2.13. The van der Waals surface area contributed by atoms with Gasteiger partial charge in [0.1, 0.15) is 0 Å². The zero-order valence-corrected chi connectivity index (χ0v) is 13.8. The first-order valence-corrected chi connectivity index (χ1v) is 7.41. The molecule has 0 unspecified atom stereocenters. The summed E-state index contributed by atoms with van der Waals surface area (Å²) in [4.78, 5) is 25.9. The topological polar surface area (TPSA) is 61.4 Å².